The number of hydrogen-bond donors (Lipinski definition) is 2. The lowest BCUT2D eigenvalue weighted by atomic mass is 10.1. The van der Waals surface area contributed by atoms with E-state index in [4.69, 9.17) is 5.73 Å². The Morgan fingerprint density at radius 3 is 2.41 bits per heavy atom. The summed E-state index contributed by atoms with van der Waals surface area (Å²) < 4.78 is 0. The standard InChI is InChI=1S/C18H23N3O/c1-21(17-6-3-2-4-7-17)13-5-12-20-14-15-8-10-16(11-9-15)18(19)22/h2-4,6-11,20H,5,12-14H2,1H3,(H2,19,22). The Bertz CT molecular complexity index is 581. The van der Waals surface area contributed by atoms with E-state index in [0.29, 0.717) is 5.56 Å². The highest BCUT2D eigenvalue weighted by molar-refractivity contribution is 5.92. The maximum absolute atomic E-state index is 11.0. The predicted octanol–water partition coefficient (Wildman–Crippen LogP) is 2.40. The van der Waals surface area contributed by atoms with Crippen LogP contribution in [0.3, 0.4) is 0 Å². The Kier molecular flexibility index (Phi) is 5.98. The van der Waals surface area contributed by atoms with Gasteiger partial charge in [0.2, 0.25) is 5.91 Å². The SMILES string of the molecule is CN(CCCNCc1ccc(C(N)=O)cc1)c1ccccc1. The fourth-order valence-corrected chi connectivity index (χ4v) is 2.27. The van der Waals surface area contributed by atoms with Gasteiger partial charge in [0.15, 0.2) is 0 Å². The van der Waals surface area contributed by atoms with E-state index >= 15 is 0 Å². The van der Waals surface area contributed by atoms with Crippen LogP contribution in [0.2, 0.25) is 0 Å². The van der Waals surface area contributed by atoms with E-state index in [1.54, 1.807) is 12.1 Å². The van der Waals surface area contributed by atoms with E-state index < -0.39 is 0 Å². The number of rotatable bonds is 8. The summed E-state index contributed by atoms with van der Waals surface area (Å²) in [5.74, 6) is -0.386. The van der Waals surface area contributed by atoms with Crippen molar-refractivity contribution in [2.75, 3.05) is 25.0 Å². The lowest BCUT2D eigenvalue weighted by Crippen LogP contribution is -2.23. The summed E-state index contributed by atoms with van der Waals surface area (Å²) in [7, 11) is 2.11. The number of nitrogens with zero attached hydrogens (tertiary/aromatic N) is 1. The molecule has 0 aromatic heterocycles. The molecule has 116 valence electrons. The minimum Gasteiger partial charge on any atom is -0.375 e. The first-order valence-corrected chi connectivity index (χ1v) is 7.52. The molecule has 0 saturated heterocycles. The molecule has 4 nitrogen and oxygen atoms in total. The highest BCUT2D eigenvalue weighted by Crippen LogP contribution is 2.10. The first-order chi connectivity index (χ1) is 10.7. The van der Waals surface area contributed by atoms with Crippen molar-refractivity contribution in [3.63, 3.8) is 0 Å². The van der Waals surface area contributed by atoms with Crippen molar-refractivity contribution < 1.29 is 4.79 Å². The summed E-state index contributed by atoms with van der Waals surface area (Å²) in [4.78, 5) is 13.2. The Hall–Kier alpha value is -2.33. The Morgan fingerprint density at radius 2 is 1.77 bits per heavy atom. The zero-order valence-electron chi connectivity index (χ0n) is 13.0. The van der Waals surface area contributed by atoms with E-state index in [-0.39, 0.29) is 5.91 Å². The molecule has 2 rings (SSSR count). The second-order valence-corrected chi connectivity index (χ2v) is 5.35. The van der Waals surface area contributed by atoms with E-state index in [2.05, 4.69) is 41.5 Å². The molecule has 2 aromatic carbocycles. The average molecular weight is 297 g/mol. The number of anilines is 1. The lowest BCUT2D eigenvalue weighted by molar-refractivity contribution is 0.100. The van der Waals surface area contributed by atoms with Crippen LogP contribution in [-0.2, 0) is 6.54 Å². The largest absolute Gasteiger partial charge is 0.375 e. The molecule has 0 aliphatic heterocycles. The Labute approximate surface area is 131 Å². The number of para-hydroxylation sites is 1. The first kappa shape index (κ1) is 16.0. The van der Waals surface area contributed by atoms with Gasteiger partial charge in [-0.3, -0.25) is 4.79 Å². The number of nitrogens with one attached hydrogen (secondary N) is 1. The molecule has 0 unspecified atom stereocenters. The molecule has 0 saturated carbocycles. The minimum atomic E-state index is -0.386. The fourth-order valence-electron chi connectivity index (χ4n) is 2.27. The van der Waals surface area contributed by atoms with Crippen LogP contribution in [0.5, 0.6) is 0 Å². The summed E-state index contributed by atoms with van der Waals surface area (Å²) in [5.41, 5.74) is 8.16. The predicted molar refractivity (Wildman–Crippen MR) is 91.0 cm³/mol. The van der Waals surface area contributed by atoms with Crippen molar-refractivity contribution in [3.8, 4) is 0 Å². The molecule has 0 heterocycles. The van der Waals surface area contributed by atoms with E-state index in [1.165, 1.54) is 5.69 Å². The monoisotopic (exact) mass is 297 g/mol. The van der Waals surface area contributed by atoms with Gasteiger partial charge >= 0.3 is 0 Å². The summed E-state index contributed by atoms with van der Waals surface area (Å²) >= 11 is 0. The lowest BCUT2D eigenvalue weighted by Gasteiger charge is -2.19. The van der Waals surface area contributed by atoms with Crippen LogP contribution in [0.1, 0.15) is 22.3 Å². The van der Waals surface area contributed by atoms with Crippen molar-refractivity contribution >= 4 is 11.6 Å². The van der Waals surface area contributed by atoms with Gasteiger partial charge in [-0.25, -0.2) is 0 Å². The van der Waals surface area contributed by atoms with Gasteiger partial charge in [0.05, 0.1) is 0 Å². The second-order valence-electron chi connectivity index (χ2n) is 5.35. The third kappa shape index (κ3) is 4.90. The maximum atomic E-state index is 11.0. The van der Waals surface area contributed by atoms with E-state index in [0.717, 1.165) is 31.6 Å². The molecular formula is C18H23N3O. The highest BCUT2D eigenvalue weighted by Gasteiger charge is 2.01. The molecular weight excluding hydrogens is 274 g/mol. The van der Waals surface area contributed by atoms with Crippen molar-refractivity contribution in [2.45, 2.75) is 13.0 Å². The number of nitrogens with two attached hydrogens (primary N) is 1. The molecule has 22 heavy (non-hydrogen) atoms. The van der Waals surface area contributed by atoms with Gasteiger partial charge in [0, 0.05) is 31.4 Å². The normalized spacial score (nSPS) is 10.4. The molecule has 0 aliphatic rings. The van der Waals surface area contributed by atoms with Gasteiger partial charge in [-0.2, -0.15) is 0 Å². The number of carbonyl (C=O) groups excluding carboxylic acids is 1. The number of hydrogen-bond acceptors (Lipinski definition) is 3. The number of amides is 1. The third-order valence-corrected chi connectivity index (χ3v) is 3.61. The molecule has 0 atom stereocenters. The van der Waals surface area contributed by atoms with Crippen LogP contribution < -0.4 is 16.0 Å². The summed E-state index contributed by atoms with van der Waals surface area (Å²) in [6.45, 7) is 2.76. The van der Waals surface area contributed by atoms with Crippen molar-refractivity contribution in [1.29, 1.82) is 0 Å². The fraction of sp³-hybridized carbons (Fsp3) is 0.278. The Balaban J connectivity index is 1.66. The molecule has 0 bridgehead atoms. The molecule has 4 heteroatoms. The van der Waals surface area contributed by atoms with Gasteiger partial charge in [-0.05, 0) is 42.8 Å². The molecule has 0 spiro atoms. The van der Waals surface area contributed by atoms with E-state index in [9.17, 15) is 4.79 Å². The molecule has 1 amide bonds. The van der Waals surface area contributed by atoms with Crippen LogP contribution in [0.25, 0.3) is 0 Å². The van der Waals surface area contributed by atoms with Gasteiger partial charge in [0.25, 0.3) is 0 Å². The van der Waals surface area contributed by atoms with Gasteiger partial charge < -0.3 is 16.0 Å². The van der Waals surface area contributed by atoms with Crippen molar-refractivity contribution in [3.05, 3.63) is 65.7 Å². The average Bonchev–Trinajstić information content (AvgIpc) is 2.55. The Morgan fingerprint density at radius 1 is 1.09 bits per heavy atom. The summed E-state index contributed by atoms with van der Waals surface area (Å²) in [5, 5.41) is 3.41. The minimum absolute atomic E-state index is 0.386. The summed E-state index contributed by atoms with van der Waals surface area (Å²) in [6, 6.07) is 17.8. The molecule has 0 radical (unpaired) electrons. The van der Waals surface area contributed by atoms with E-state index in [1.807, 2.05) is 18.2 Å². The zero-order chi connectivity index (χ0) is 15.8. The zero-order valence-corrected chi connectivity index (χ0v) is 13.0. The maximum Gasteiger partial charge on any atom is 0.248 e. The topological polar surface area (TPSA) is 58.4 Å². The second kappa shape index (κ2) is 8.20. The smallest absolute Gasteiger partial charge is 0.248 e. The van der Waals surface area contributed by atoms with Gasteiger partial charge in [0.1, 0.15) is 0 Å². The first-order valence-electron chi connectivity index (χ1n) is 7.52. The van der Waals surface area contributed by atoms with Crippen molar-refractivity contribution in [2.24, 2.45) is 5.73 Å². The quantitative estimate of drug-likeness (QED) is 0.736. The van der Waals surface area contributed by atoms with Crippen molar-refractivity contribution in [1.82, 2.24) is 5.32 Å². The molecule has 0 aliphatic carbocycles. The molecule has 0 fully saturated rings. The van der Waals surface area contributed by atoms with Crippen LogP contribution in [0.4, 0.5) is 5.69 Å². The summed E-state index contributed by atoms with van der Waals surface area (Å²) in [6.07, 6.45) is 1.07. The highest BCUT2D eigenvalue weighted by atomic mass is 16.1. The van der Waals surface area contributed by atoms with Crippen LogP contribution in [-0.4, -0.2) is 26.0 Å². The third-order valence-electron chi connectivity index (χ3n) is 3.61. The van der Waals surface area contributed by atoms with Crippen LogP contribution >= 0.6 is 0 Å². The van der Waals surface area contributed by atoms with Gasteiger partial charge in [-0.1, -0.05) is 30.3 Å². The van der Waals surface area contributed by atoms with Crippen LogP contribution in [0, 0.1) is 0 Å². The molecule has 2 aromatic rings. The molecule has 3 N–H and O–H groups in total. The number of benzene rings is 2. The number of carbonyl (C=O) groups is 1. The van der Waals surface area contributed by atoms with Crippen LogP contribution in [0.15, 0.2) is 54.6 Å². The number of primary amides is 1. The van der Waals surface area contributed by atoms with Gasteiger partial charge in [-0.15, -0.1) is 0 Å².